The molecule has 0 saturated heterocycles. The molecule has 0 aromatic carbocycles. The highest BCUT2D eigenvalue weighted by molar-refractivity contribution is 7.13. The van der Waals surface area contributed by atoms with E-state index in [1.54, 1.807) is 6.20 Å². The van der Waals surface area contributed by atoms with Crippen LogP contribution in [0.3, 0.4) is 0 Å². The van der Waals surface area contributed by atoms with Crippen LogP contribution in [0, 0.1) is 6.92 Å². The number of hydroxylamine groups is 1. The van der Waals surface area contributed by atoms with Gasteiger partial charge in [0.15, 0.2) is 0 Å². The van der Waals surface area contributed by atoms with Gasteiger partial charge in [-0.25, -0.2) is 10.5 Å². The van der Waals surface area contributed by atoms with Gasteiger partial charge in [0.05, 0.1) is 17.3 Å². The molecule has 1 amide bonds. The SMILES string of the molecule is Cc1ncc(C(=O)NOC2CCCC2)s1. The van der Waals surface area contributed by atoms with E-state index in [1.165, 1.54) is 24.2 Å². The van der Waals surface area contributed by atoms with Crippen molar-refractivity contribution in [3.63, 3.8) is 0 Å². The summed E-state index contributed by atoms with van der Waals surface area (Å²) in [5.74, 6) is -0.188. The number of nitrogens with zero attached hydrogens (tertiary/aromatic N) is 1. The molecule has 0 aliphatic heterocycles. The molecule has 1 aliphatic carbocycles. The van der Waals surface area contributed by atoms with E-state index in [0.717, 1.165) is 17.8 Å². The number of hydrogen-bond acceptors (Lipinski definition) is 4. The van der Waals surface area contributed by atoms with Crippen LogP contribution in [-0.2, 0) is 4.84 Å². The first kappa shape index (κ1) is 10.6. The fraction of sp³-hybridized carbons (Fsp3) is 0.600. The predicted octanol–water partition coefficient (Wildman–Crippen LogP) is 2.06. The van der Waals surface area contributed by atoms with Crippen LogP contribution in [0.25, 0.3) is 0 Å². The molecule has 82 valence electrons. The quantitative estimate of drug-likeness (QED) is 0.802. The van der Waals surface area contributed by atoms with E-state index in [1.807, 2.05) is 6.92 Å². The minimum atomic E-state index is -0.188. The molecule has 1 N–H and O–H groups in total. The third-order valence-electron chi connectivity index (χ3n) is 2.47. The maximum absolute atomic E-state index is 11.5. The number of aromatic nitrogens is 1. The maximum atomic E-state index is 11.5. The van der Waals surface area contributed by atoms with E-state index in [-0.39, 0.29) is 12.0 Å². The normalized spacial score (nSPS) is 16.9. The number of rotatable bonds is 3. The zero-order valence-electron chi connectivity index (χ0n) is 8.66. The lowest BCUT2D eigenvalue weighted by atomic mass is 10.3. The van der Waals surface area contributed by atoms with Crippen molar-refractivity contribution in [2.75, 3.05) is 0 Å². The van der Waals surface area contributed by atoms with E-state index in [9.17, 15) is 4.79 Å². The number of carbonyl (C=O) groups is 1. The van der Waals surface area contributed by atoms with Crippen LogP contribution in [-0.4, -0.2) is 17.0 Å². The standard InChI is InChI=1S/C10H14N2O2S/c1-7-11-6-9(15-7)10(13)12-14-8-4-2-3-5-8/h6,8H,2-5H2,1H3,(H,12,13). The smallest absolute Gasteiger partial charge is 0.270 e. The fourth-order valence-corrected chi connectivity index (χ4v) is 2.32. The summed E-state index contributed by atoms with van der Waals surface area (Å²) in [7, 11) is 0. The Kier molecular flexibility index (Phi) is 3.33. The predicted molar refractivity (Wildman–Crippen MR) is 57.7 cm³/mol. The molecule has 15 heavy (non-hydrogen) atoms. The van der Waals surface area contributed by atoms with Crippen molar-refractivity contribution in [3.8, 4) is 0 Å². The third-order valence-corrected chi connectivity index (χ3v) is 3.38. The Morgan fingerprint density at radius 1 is 1.60 bits per heavy atom. The number of carbonyl (C=O) groups excluding carboxylic acids is 1. The Morgan fingerprint density at radius 2 is 2.33 bits per heavy atom. The summed E-state index contributed by atoms with van der Waals surface area (Å²) in [6.07, 6.45) is 6.25. The molecule has 1 fully saturated rings. The second-order valence-corrected chi connectivity index (χ2v) is 4.93. The van der Waals surface area contributed by atoms with Gasteiger partial charge >= 0.3 is 0 Å². The number of thiazole rings is 1. The summed E-state index contributed by atoms with van der Waals surface area (Å²) in [6, 6.07) is 0. The first-order valence-electron chi connectivity index (χ1n) is 5.14. The largest absolute Gasteiger partial charge is 0.286 e. The molecule has 5 heteroatoms. The Hall–Kier alpha value is -0.940. The second-order valence-electron chi connectivity index (χ2n) is 3.70. The summed E-state index contributed by atoms with van der Waals surface area (Å²) in [6.45, 7) is 1.87. The molecular weight excluding hydrogens is 212 g/mol. The molecule has 2 rings (SSSR count). The average molecular weight is 226 g/mol. The van der Waals surface area contributed by atoms with Crippen molar-refractivity contribution >= 4 is 17.2 Å². The van der Waals surface area contributed by atoms with Crippen molar-refractivity contribution in [2.24, 2.45) is 0 Å². The molecule has 1 aromatic rings. The van der Waals surface area contributed by atoms with Crippen molar-refractivity contribution in [1.82, 2.24) is 10.5 Å². The van der Waals surface area contributed by atoms with Crippen LogP contribution in [0.15, 0.2) is 6.20 Å². The Morgan fingerprint density at radius 3 is 2.93 bits per heavy atom. The molecular formula is C10H14N2O2S. The summed E-state index contributed by atoms with van der Waals surface area (Å²) in [5.41, 5.74) is 2.49. The number of nitrogens with one attached hydrogen (secondary N) is 1. The summed E-state index contributed by atoms with van der Waals surface area (Å²) in [4.78, 5) is 21.5. The van der Waals surface area contributed by atoms with E-state index in [0.29, 0.717) is 4.88 Å². The topological polar surface area (TPSA) is 51.2 Å². The van der Waals surface area contributed by atoms with Gasteiger partial charge in [0.1, 0.15) is 4.88 Å². The highest BCUT2D eigenvalue weighted by Gasteiger charge is 2.17. The number of hydrogen-bond donors (Lipinski definition) is 1. The van der Waals surface area contributed by atoms with Crippen molar-refractivity contribution in [1.29, 1.82) is 0 Å². The van der Waals surface area contributed by atoms with Gasteiger partial charge in [-0.2, -0.15) is 0 Å². The second kappa shape index (κ2) is 4.72. The van der Waals surface area contributed by atoms with Gasteiger partial charge in [-0.1, -0.05) is 12.8 Å². The molecule has 0 atom stereocenters. The Labute approximate surface area is 92.6 Å². The Balaban J connectivity index is 1.81. The van der Waals surface area contributed by atoms with Gasteiger partial charge < -0.3 is 0 Å². The van der Waals surface area contributed by atoms with E-state index in [4.69, 9.17) is 4.84 Å². The van der Waals surface area contributed by atoms with Gasteiger partial charge in [-0.05, 0) is 19.8 Å². The van der Waals surface area contributed by atoms with Crippen LogP contribution in [0.5, 0.6) is 0 Å². The van der Waals surface area contributed by atoms with E-state index in [2.05, 4.69) is 10.5 Å². The maximum Gasteiger partial charge on any atom is 0.286 e. The Bertz CT molecular complexity index is 345. The zero-order valence-corrected chi connectivity index (χ0v) is 9.47. The lowest BCUT2D eigenvalue weighted by molar-refractivity contribution is -0.0122. The monoisotopic (exact) mass is 226 g/mol. The van der Waals surface area contributed by atoms with Crippen LogP contribution in [0.4, 0.5) is 0 Å². The highest BCUT2D eigenvalue weighted by Crippen LogP contribution is 2.20. The van der Waals surface area contributed by atoms with Crippen LogP contribution in [0.1, 0.15) is 40.4 Å². The molecule has 0 radical (unpaired) electrons. The lowest BCUT2D eigenvalue weighted by Gasteiger charge is -2.09. The lowest BCUT2D eigenvalue weighted by Crippen LogP contribution is -2.27. The first-order valence-corrected chi connectivity index (χ1v) is 5.96. The molecule has 1 saturated carbocycles. The third kappa shape index (κ3) is 2.76. The number of amides is 1. The highest BCUT2D eigenvalue weighted by atomic mass is 32.1. The van der Waals surface area contributed by atoms with Crippen molar-refractivity contribution < 1.29 is 9.63 Å². The van der Waals surface area contributed by atoms with Gasteiger partial charge in [0.25, 0.3) is 5.91 Å². The van der Waals surface area contributed by atoms with Crippen LogP contribution < -0.4 is 5.48 Å². The van der Waals surface area contributed by atoms with E-state index < -0.39 is 0 Å². The van der Waals surface area contributed by atoms with Crippen LogP contribution >= 0.6 is 11.3 Å². The van der Waals surface area contributed by atoms with E-state index >= 15 is 0 Å². The molecule has 0 unspecified atom stereocenters. The minimum Gasteiger partial charge on any atom is -0.270 e. The summed E-state index contributed by atoms with van der Waals surface area (Å²) in [5, 5.41) is 0.890. The zero-order chi connectivity index (χ0) is 10.7. The summed E-state index contributed by atoms with van der Waals surface area (Å²) < 4.78 is 0. The molecule has 0 bridgehead atoms. The van der Waals surface area contributed by atoms with Gasteiger partial charge in [-0.3, -0.25) is 9.63 Å². The molecule has 4 nitrogen and oxygen atoms in total. The van der Waals surface area contributed by atoms with Crippen molar-refractivity contribution in [3.05, 3.63) is 16.1 Å². The van der Waals surface area contributed by atoms with Gasteiger partial charge in [0.2, 0.25) is 0 Å². The molecule has 0 spiro atoms. The molecule has 1 heterocycles. The first-order chi connectivity index (χ1) is 7.25. The fourth-order valence-electron chi connectivity index (χ4n) is 1.66. The van der Waals surface area contributed by atoms with Gasteiger partial charge in [-0.15, -0.1) is 11.3 Å². The van der Waals surface area contributed by atoms with Gasteiger partial charge in [0, 0.05) is 0 Å². The molecule has 1 aliphatic rings. The molecule has 1 aromatic heterocycles. The van der Waals surface area contributed by atoms with Crippen LogP contribution in [0.2, 0.25) is 0 Å². The van der Waals surface area contributed by atoms with Crippen molar-refractivity contribution in [2.45, 2.75) is 38.7 Å². The number of aryl methyl sites for hydroxylation is 1. The average Bonchev–Trinajstić information content (AvgIpc) is 2.84. The minimum absolute atomic E-state index is 0.188. The summed E-state index contributed by atoms with van der Waals surface area (Å²) >= 11 is 1.38.